The number of hydrogen-bond acceptors (Lipinski definition) is 3. The van der Waals surface area contributed by atoms with E-state index in [1.165, 1.54) is 33.4 Å². The Balaban J connectivity index is 1.45. The highest BCUT2D eigenvalue weighted by Gasteiger charge is 2.36. The Bertz CT molecular complexity index is 1750. The van der Waals surface area contributed by atoms with Crippen molar-refractivity contribution in [1.29, 1.82) is 0 Å². The molecule has 0 fully saturated rings. The van der Waals surface area contributed by atoms with Gasteiger partial charge in [0, 0.05) is 11.6 Å². The minimum Gasteiger partial charge on any atom is -0.290 e. The first-order valence-corrected chi connectivity index (χ1v) is 12.2. The first kappa shape index (κ1) is 20.8. The van der Waals surface area contributed by atoms with Gasteiger partial charge in [0.15, 0.2) is 5.82 Å². The van der Waals surface area contributed by atoms with Gasteiger partial charge < -0.3 is 0 Å². The standard InChI is InChI=1S/C32H24N4/c1-32(2)25-12-7-13-27-30(25)36(31(35-27)28-16-17-33-20-34-28)29-15-14-24(19-26(29)32)23-11-6-10-22(18-23)21-8-4-3-5-9-21/h3-20H,1-2H3. The van der Waals surface area contributed by atoms with Gasteiger partial charge >= 0.3 is 0 Å². The smallest absolute Gasteiger partial charge is 0.164 e. The number of benzene rings is 4. The number of imidazole rings is 1. The average Bonchev–Trinajstić information content (AvgIpc) is 3.33. The van der Waals surface area contributed by atoms with Crippen LogP contribution >= 0.6 is 0 Å². The van der Waals surface area contributed by atoms with Crippen molar-refractivity contribution in [2.24, 2.45) is 0 Å². The summed E-state index contributed by atoms with van der Waals surface area (Å²) in [4.78, 5) is 13.6. The lowest BCUT2D eigenvalue weighted by molar-refractivity contribution is 0.629. The molecule has 1 aliphatic rings. The molecule has 0 bridgehead atoms. The molecule has 36 heavy (non-hydrogen) atoms. The van der Waals surface area contributed by atoms with Gasteiger partial charge in [0.2, 0.25) is 0 Å². The summed E-state index contributed by atoms with van der Waals surface area (Å²) in [5.41, 5.74) is 11.3. The third-order valence-electron chi connectivity index (χ3n) is 7.37. The van der Waals surface area contributed by atoms with E-state index in [2.05, 4.69) is 119 Å². The number of fused-ring (bicyclic) bond motifs is 2. The van der Waals surface area contributed by atoms with Crippen molar-refractivity contribution >= 4 is 11.0 Å². The lowest BCUT2D eigenvalue weighted by atomic mass is 9.74. The molecule has 4 nitrogen and oxygen atoms in total. The van der Waals surface area contributed by atoms with Gasteiger partial charge in [0.25, 0.3) is 0 Å². The predicted octanol–water partition coefficient (Wildman–Crippen LogP) is 7.46. The Hall–Kier alpha value is -4.57. The molecule has 1 aliphatic heterocycles. The zero-order valence-electron chi connectivity index (χ0n) is 20.2. The van der Waals surface area contributed by atoms with E-state index >= 15 is 0 Å². The van der Waals surface area contributed by atoms with E-state index in [1.807, 2.05) is 6.07 Å². The molecule has 0 N–H and O–H groups in total. The molecule has 4 aromatic carbocycles. The Morgan fingerprint density at radius 3 is 2.22 bits per heavy atom. The number of aromatic nitrogens is 4. The van der Waals surface area contributed by atoms with Crippen molar-refractivity contribution in [2.75, 3.05) is 0 Å². The van der Waals surface area contributed by atoms with Crippen molar-refractivity contribution in [3.63, 3.8) is 0 Å². The fraction of sp³-hybridized carbons (Fsp3) is 0.0938. The Morgan fingerprint density at radius 1 is 0.667 bits per heavy atom. The van der Waals surface area contributed by atoms with Crippen LogP contribution in [-0.2, 0) is 5.41 Å². The first-order valence-electron chi connectivity index (χ1n) is 12.2. The van der Waals surface area contributed by atoms with Crippen LogP contribution in [0.15, 0.2) is 110 Å². The summed E-state index contributed by atoms with van der Waals surface area (Å²) in [5, 5.41) is 0. The largest absolute Gasteiger partial charge is 0.290 e. The number of hydrogen-bond donors (Lipinski definition) is 0. The second-order valence-electron chi connectivity index (χ2n) is 9.84. The third kappa shape index (κ3) is 3.04. The van der Waals surface area contributed by atoms with Gasteiger partial charge in [-0.05, 0) is 63.7 Å². The minimum atomic E-state index is -0.180. The van der Waals surface area contributed by atoms with E-state index in [4.69, 9.17) is 4.98 Å². The Morgan fingerprint density at radius 2 is 1.42 bits per heavy atom. The highest BCUT2D eigenvalue weighted by molar-refractivity contribution is 5.90. The van der Waals surface area contributed by atoms with Gasteiger partial charge in [0.05, 0.1) is 16.7 Å². The van der Waals surface area contributed by atoms with Crippen molar-refractivity contribution in [3.05, 3.63) is 121 Å². The maximum absolute atomic E-state index is 5.02. The molecule has 0 saturated carbocycles. The first-order chi connectivity index (χ1) is 17.6. The van der Waals surface area contributed by atoms with E-state index in [-0.39, 0.29) is 5.41 Å². The summed E-state index contributed by atoms with van der Waals surface area (Å²) in [6.45, 7) is 4.62. The van der Waals surface area contributed by atoms with Crippen LogP contribution in [-0.4, -0.2) is 19.5 Å². The van der Waals surface area contributed by atoms with Crippen molar-refractivity contribution < 1.29 is 0 Å². The topological polar surface area (TPSA) is 43.6 Å². The molecular formula is C32H24N4. The molecule has 0 saturated heterocycles. The van der Waals surface area contributed by atoms with Crippen LogP contribution in [0.2, 0.25) is 0 Å². The number of nitrogens with zero attached hydrogens (tertiary/aromatic N) is 4. The van der Waals surface area contributed by atoms with Gasteiger partial charge in [0.1, 0.15) is 12.0 Å². The SMILES string of the molecule is CC1(C)c2cc(-c3cccc(-c4ccccc4)c3)ccc2-n2c(-c3ccncn3)nc3cccc1c32. The molecule has 0 spiro atoms. The van der Waals surface area contributed by atoms with Gasteiger partial charge in [-0.2, -0.15) is 0 Å². The molecule has 2 aromatic heterocycles. The molecular weight excluding hydrogens is 440 g/mol. The van der Waals surface area contributed by atoms with Crippen molar-refractivity contribution in [2.45, 2.75) is 19.3 Å². The van der Waals surface area contributed by atoms with Crippen molar-refractivity contribution in [1.82, 2.24) is 19.5 Å². The normalized spacial score (nSPS) is 13.5. The predicted molar refractivity (Wildman–Crippen MR) is 145 cm³/mol. The lowest BCUT2D eigenvalue weighted by Gasteiger charge is -2.35. The van der Waals surface area contributed by atoms with E-state index in [0.717, 1.165) is 28.2 Å². The van der Waals surface area contributed by atoms with E-state index in [1.54, 1.807) is 12.5 Å². The zero-order chi connectivity index (χ0) is 24.3. The van der Waals surface area contributed by atoms with E-state index in [0.29, 0.717) is 0 Å². The molecule has 0 radical (unpaired) electrons. The number of rotatable bonds is 3. The molecule has 0 amide bonds. The molecule has 172 valence electrons. The third-order valence-corrected chi connectivity index (χ3v) is 7.37. The van der Waals surface area contributed by atoms with Gasteiger partial charge in [-0.25, -0.2) is 15.0 Å². The van der Waals surface area contributed by atoms with Crippen LogP contribution in [0.25, 0.3) is 50.5 Å². The summed E-state index contributed by atoms with van der Waals surface area (Å²) in [6, 6.07) is 34.5. The highest BCUT2D eigenvalue weighted by Crippen LogP contribution is 2.47. The van der Waals surface area contributed by atoms with Crippen LogP contribution in [0, 0.1) is 0 Å². The second kappa shape index (κ2) is 7.72. The van der Waals surface area contributed by atoms with E-state index in [9.17, 15) is 0 Å². The summed E-state index contributed by atoms with van der Waals surface area (Å²) in [6.07, 6.45) is 3.35. The quantitative estimate of drug-likeness (QED) is 0.273. The molecule has 4 heteroatoms. The summed E-state index contributed by atoms with van der Waals surface area (Å²) in [7, 11) is 0. The summed E-state index contributed by atoms with van der Waals surface area (Å²) >= 11 is 0. The van der Waals surface area contributed by atoms with Crippen LogP contribution < -0.4 is 0 Å². The fourth-order valence-electron chi connectivity index (χ4n) is 5.53. The van der Waals surface area contributed by atoms with Crippen molar-refractivity contribution in [3.8, 4) is 39.5 Å². The molecule has 7 rings (SSSR count). The minimum absolute atomic E-state index is 0.180. The Labute approximate surface area is 210 Å². The number of para-hydroxylation sites is 1. The highest BCUT2D eigenvalue weighted by atomic mass is 15.1. The molecule has 6 aromatic rings. The molecule has 3 heterocycles. The second-order valence-corrected chi connectivity index (χ2v) is 9.84. The van der Waals surface area contributed by atoms with Crippen LogP contribution in [0.3, 0.4) is 0 Å². The monoisotopic (exact) mass is 464 g/mol. The molecule has 0 aliphatic carbocycles. The van der Waals surface area contributed by atoms with Crippen LogP contribution in [0.1, 0.15) is 25.0 Å². The maximum Gasteiger partial charge on any atom is 0.164 e. The fourth-order valence-corrected chi connectivity index (χ4v) is 5.53. The Kier molecular flexibility index (Phi) is 4.45. The van der Waals surface area contributed by atoms with Crippen LogP contribution in [0.4, 0.5) is 0 Å². The average molecular weight is 465 g/mol. The van der Waals surface area contributed by atoms with Gasteiger partial charge in [-0.15, -0.1) is 0 Å². The zero-order valence-corrected chi connectivity index (χ0v) is 20.2. The van der Waals surface area contributed by atoms with Gasteiger partial charge in [-0.3, -0.25) is 4.57 Å². The molecule has 0 unspecified atom stereocenters. The maximum atomic E-state index is 5.02. The van der Waals surface area contributed by atoms with E-state index < -0.39 is 0 Å². The summed E-state index contributed by atoms with van der Waals surface area (Å²) < 4.78 is 2.28. The summed E-state index contributed by atoms with van der Waals surface area (Å²) in [5.74, 6) is 0.843. The molecule has 0 atom stereocenters. The lowest BCUT2D eigenvalue weighted by Crippen LogP contribution is -2.26. The van der Waals surface area contributed by atoms with Gasteiger partial charge in [-0.1, -0.05) is 80.6 Å². The van der Waals surface area contributed by atoms with Crippen LogP contribution in [0.5, 0.6) is 0 Å².